The zero-order valence-corrected chi connectivity index (χ0v) is 31.6. The molecule has 0 aromatic heterocycles. The van der Waals surface area contributed by atoms with E-state index in [9.17, 15) is 24.0 Å². The van der Waals surface area contributed by atoms with Gasteiger partial charge in [-0.1, -0.05) is 133 Å². The Morgan fingerprint density at radius 2 is 1.70 bits per heavy atom. The van der Waals surface area contributed by atoms with E-state index in [1.807, 2.05) is 36.4 Å². The molecular formula is C28H35I3N4O6S2. The number of ether oxygens (including phenoxy) is 1. The minimum Gasteiger partial charge on any atom is -0.456 e. The number of halogens is 3. The number of alkyl halides is 3. The van der Waals surface area contributed by atoms with Crippen LogP contribution in [0.5, 0.6) is 0 Å². The van der Waals surface area contributed by atoms with E-state index in [0.29, 0.717) is 18.7 Å². The van der Waals surface area contributed by atoms with Crippen molar-refractivity contribution < 1.29 is 28.7 Å². The zero-order valence-electron chi connectivity index (χ0n) is 23.5. The molecule has 3 atom stereocenters. The number of amides is 4. The molecule has 2 fully saturated rings. The summed E-state index contributed by atoms with van der Waals surface area (Å²) in [6.07, 6.45) is 5.41. The molecule has 2 heterocycles. The lowest BCUT2D eigenvalue weighted by Crippen LogP contribution is -2.59. The molecule has 0 unspecified atom stereocenters. The monoisotopic (exact) mass is 968 g/mol. The van der Waals surface area contributed by atoms with Crippen LogP contribution >= 0.6 is 89.4 Å². The predicted molar refractivity (Wildman–Crippen MR) is 195 cm³/mol. The van der Waals surface area contributed by atoms with Crippen LogP contribution in [0.1, 0.15) is 44.6 Å². The van der Waals surface area contributed by atoms with Gasteiger partial charge in [0, 0.05) is 17.9 Å². The van der Waals surface area contributed by atoms with Crippen LogP contribution in [0.2, 0.25) is 0 Å². The van der Waals surface area contributed by atoms with Crippen molar-refractivity contribution in [2.75, 3.05) is 18.1 Å². The molecule has 10 nitrogen and oxygen atoms in total. The van der Waals surface area contributed by atoms with Crippen molar-refractivity contribution in [2.45, 2.75) is 68.6 Å². The van der Waals surface area contributed by atoms with Crippen molar-refractivity contribution in [3.8, 4) is 0 Å². The van der Waals surface area contributed by atoms with Gasteiger partial charge in [0.15, 0.2) is 0 Å². The van der Waals surface area contributed by atoms with Crippen molar-refractivity contribution in [2.24, 2.45) is 0 Å². The van der Waals surface area contributed by atoms with Gasteiger partial charge in [0.2, 0.25) is 23.6 Å². The molecule has 2 aliphatic heterocycles. The summed E-state index contributed by atoms with van der Waals surface area (Å²) in [4.78, 5) is 64.9. The first-order valence-electron chi connectivity index (χ1n) is 13.8. The van der Waals surface area contributed by atoms with E-state index in [1.54, 1.807) is 16.9 Å². The summed E-state index contributed by atoms with van der Waals surface area (Å²) < 4.78 is 5.93. The van der Waals surface area contributed by atoms with Gasteiger partial charge in [-0.2, -0.15) is 0 Å². The normalized spacial score (nSPS) is 25.1. The Morgan fingerprint density at radius 1 is 1.00 bits per heavy atom. The number of allylic oxidation sites excluding steroid dienone is 1. The van der Waals surface area contributed by atoms with Crippen molar-refractivity contribution >= 4 is 119 Å². The van der Waals surface area contributed by atoms with Crippen LogP contribution in [0.4, 0.5) is 0 Å². The van der Waals surface area contributed by atoms with Gasteiger partial charge < -0.3 is 26.0 Å². The second-order valence-electron chi connectivity index (χ2n) is 10.1. The molecule has 1 aliphatic carbocycles. The standard InChI is InChI=1S/C25H30N4O6S2.C3H5I3/c30-20-13-17-8-4-5-11-36-37-15-19(28-22(32)18(27-20)12-16-6-2-1-3-7-16)23(33)29-25(9-10-25)24(34)26-14-21(31)35-17;1-2-3(4,5)6/h1-4,6-8,17-19H,5,9-15H2,(H,26,34)(H,27,30)(H,28,32)(H,29,33);2H2,1H3/t17-,18-,19-;/m1./s1. The first-order valence-corrected chi connectivity index (χ1v) is 19.5. The van der Waals surface area contributed by atoms with Gasteiger partial charge in [-0.15, -0.1) is 0 Å². The van der Waals surface area contributed by atoms with Gasteiger partial charge in [0.1, 0.15) is 29.7 Å². The summed E-state index contributed by atoms with van der Waals surface area (Å²) in [7, 11) is 2.99. The third-order valence-electron chi connectivity index (χ3n) is 6.61. The Labute approximate surface area is 300 Å². The lowest BCUT2D eigenvalue weighted by atomic mass is 10.0. The summed E-state index contributed by atoms with van der Waals surface area (Å²) in [6.45, 7) is 1.80. The van der Waals surface area contributed by atoms with Crippen LogP contribution in [0.3, 0.4) is 0 Å². The average molecular weight is 968 g/mol. The largest absolute Gasteiger partial charge is 0.456 e. The van der Waals surface area contributed by atoms with Gasteiger partial charge in [-0.25, -0.2) is 0 Å². The number of hydrogen-bond donors (Lipinski definition) is 4. The van der Waals surface area contributed by atoms with Gasteiger partial charge in [0.25, 0.3) is 0 Å². The summed E-state index contributed by atoms with van der Waals surface area (Å²) in [5, 5.41) is 10.9. The van der Waals surface area contributed by atoms with Crippen LogP contribution in [0, 0.1) is 0 Å². The van der Waals surface area contributed by atoms with E-state index in [1.165, 1.54) is 17.2 Å². The smallest absolute Gasteiger partial charge is 0.326 e. The maximum Gasteiger partial charge on any atom is 0.326 e. The highest BCUT2D eigenvalue weighted by Crippen LogP contribution is 2.38. The van der Waals surface area contributed by atoms with Crippen LogP contribution in [0.25, 0.3) is 0 Å². The number of nitrogens with one attached hydrogen (secondary N) is 4. The molecule has 1 saturated carbocycles. The predicted octanol–water partition coefficient (Wildman–Crippen LogP) is 3.98. The minimum atomic E-state index is -1.11. The molecule has 236 valence electrons. The van der Waals surface area contributed by atoms with Crippen LogP contribution in [-0.2, 0) is 35.1 Å². The van der Waals surface area contributed by atoms with Crippen molar-refractivity contribution in [1.29, 1.82) is 0 Å². The second-order valence-corrected chi connectivity index (χ2v) is 24.5. The lowest BCUT2D eigenvalue weighted by molar-refractivity contribution is -0.148. The van der Waals surface area contributed by atoms with Gasteiger partial charge in [-0.05, 0) is 37.3 Å². The molecule has 4 rings (SSSR count). The summed E-state index contributed by atoms with van der Waals surface area (Å²) in [6, 6.07) is 7.35. The SMILES string of the molecule is CCC(I)(I)I.O=C1C[C@H]2C=CCCSSC[C@@H](NC(=O)[C@@H](Cc3ccccc3)N1)C(=O)NC1(CC1)C(=O)NCC(=O)O2. The molecule has 0 radical (unpaired) electrons. The molecule has 2 bridgehead atoms. The fourth-order valence-electron chi connectivity index (χ4n) is 4.03. The number of benzene rings is 1. The first-order chi connectivity index (χ1) is 20.4. The van der Waals surface area contributed by atoms with Gasteiger partial charge >= 0.3 is 5.97 Å². The summed E-state index contributed by atoms with van der Waals surface area (Å²) >= 11 is 7.24. The Bertz CT molecular complexity index is 1180. The molecule has 1 spiro atoms. The minimum absolute atomic E-state index is 0.190. The molecule has 4 N–H and O–H groups in total. The van der Waals surface area contributed by atoms with Crippen LogP contribution in [-0.4, -0.2) is 70.8 Å². The second kappa shape index (κ2) is 17.8. The molecule has 1 aromatic rings. The number of carbonyl (C=O) groups excluding carboxylic acids is 5. The first kappa shape index (κ1) is 36.7. The highest BCUT2D eigenvalue weighted by atomic mass is 127. The molecule has 15 heteroatoms. The van der Waals surface area contributed by atoms with E-state index in [0.717, 1.165) is 11.3 Å². The fourth-order valence-corrected chi connectivity index (χ4v) is 6.18. The number of carbonyl (C=O) groups is 5. The average Bonchev–Trinajstić information content (AvgIpc) is 3.74. The topological polar surface area (TPSA) is 143 Å². The summed E-state index contributed by atoms with van der Waals surface area (Å²) in [5.41, 5.74) is -0.280. The Balaban J connectivity index is 0.000000765. The molecular weight excluding hydrogens is 933 g/mol. The van der Waals surface area contributed by atoms with Crippen molar-refractivity contribution in [1.82, 2.24) is 21.3 Å². The van der Waals surface area contributed by atoms with E-state index in [4.69, 9.17) is 4.74 Å². The fraction of sp³-hybridized carbons (Fsp3) is 0.536. The molecule has 3 aliphatic rings. The van der Waals surface area contributed by atoms with Crippen LogP contribution in [0.15, 0.2) is 42.5 Å². The van der Waals surface area contributed by atoms with Crippen molar-refractivity contribution in [3.63, 3.8) is 0 Å². The number of fused-ring (bicyclic) bond motifs is 7. The van der Waals surface area contributed by atoms with E-state index in [-0.39, 0.29) is 25.1 Å². The Morgan fingerprint density at radius 3 is 2.35 bits per heavy atom. The lowest BCUT2D eigenvalue weighted by Gasteiger charge is -2.26. The maximum absolute atomic E-state index is 13.4. The summed E-state index contributed by atoms with van der Waals surface area (Å²) in [5.74, 6) is -1.66. The molecule has 43 heavy (non-hydrogen) atoms. The maximum atomic E-state index is 13.4. The number of rotatable bonds is 3. The highest BCUT2D eigenvalue weighted by Gasteiger charge is 2.52. The Hall–Kier alpha value is -0.800. The van der Waals surface area contributed by atoms with E-state index >= 15 is 0 Å². The molecule has 4 amide bonds. The Kier molecular flexibility index (Phi) is 15.2. The number of hydrogen-bond acceptors (Lipinski definition) is 8. The zero-order chi connectivity index (χ0) is 31.5. The van der Waals surface area contributed by atoms with Gasteiger partial charge in [-0.3, -0.25) is 24.0 Å². The third kappa shape index (κ3) is 13.2. The van der Waals surface area contributed by atoms with E-state index < -0.39 is 53.3 Å². The highest BCUT2D eigenvalue weighted by molar-refractivity contribution is 14.3. The number of esters is 1. The van der Waals surface area contributed by atoms with Gasteiger partial charge in [0.05, 0.1) is 6.42 Å². The third-order valence-corrected chi connectivity index (χ3v) is 11.3. The van der Waals surface area contributed by atoms with E-state index in [2.05, 4.69) is 96.0 Å². The van der Waals surface area contributed by atoms with Crippen molar-refractivity contribution in [3.05, 3.63) is 48.0 Å². The van der Waals surface area contributed by atoms with Crippen LogP contribution < -0.4 is 21.3 Å². The molecule has 1 saturated heterocycles. The molecule has 1 aromatic carbocycles. The quantitative estimate of drug-likeness (QED) is 0.117.